The topological polar surface area (TPSA) is 140 Å². The number of hydrogen-bond donors (Lipinski definition) is 3. The van der Waals surface area contributed by atoms with Crippen molar-refractivity contribution in [2.45, 2.75) is 24.9 Å². The number of aromatic amines is 2. The number of carboxylic acids is 1. The van der Waals surface area contributed by atoms with Crippen molar-refractivity contribution in [2.75, 3.05) is 0 Å². The molecule has 9 heteroatoms. The van der Waals surface area contributed by atoms with Gasteiger partial charge in [-0.05, 0) is 35.7 Å². The van der Waals surface area contributed by atoms with Crippen LogP contribution in [0.3, 0.4) is 0 Å². The number of carbonyl (C=O) groups excluding carboxylic acids is 2. The molecule has 0 aliphatic carbocycles. The average molecular weight is 496 g/mol. The van der Waals surface area contributed by atoms with Crippen molar-refractivity contribution in [3.8, 4) is 0 Å². The summed E-state index contributed by atoms with van der Waals surface area (Å²) in [6.45, 7) is 0. The number of carboxylic acid groups (broad SMARTS) is 1. The first kappa shape index (κ1) is 23.8. The second-order valence-electron chi connectivity index (χ2n) is 8.80. The summed E-state index contributed by atoms with van der Waals surface area (Å²) in [5.41, 5.74) is 1.14. The number of nitrogens with zero attached hydrogens (tertiary/aromatic N) is 1. The summed E-state index contributed by atoms with van der Waals surface area (Å²) < 4.78 is 0.855. The van der Waals surface area contributed by atoms with Gasteiger partial charge in [0.25, 0.3) is 5.56 Å². The van der Waals surface area contributed by atoms with Crippen molar-refractivity contribution in [1.82, 2.24) is 19.9 Å². The number of benzene rings is 3. The molecule has 37 heavy (non-hydrogen) atoms. The van der Waals surface area contributed by atoms with Gasteiger partial charge in [-0.3, -0.25) is 9.59 Å². The van der Waals surface area contributed by atoms with Gasteiger partial charge in [0.05, 0.1) is 22.9 Å². The molecular weight excluding hydrogens is 472 g/mol. The van der Waals surface area contributed by atoms with E-state index >= 15 is 0 Å². The number of aromatic nitrogens is 3. The van der Waals surface area contributed by atoms with E-state index in [1.54, 1.807) is 60.8 Å². The third-order valence-corrected chi connectivity index (χ3v) is 6.42. The quantitative estimate of drug-likeness (QED) is 0.299. The molecule has 0 aliphatic heterocycles. The summed E-state index contributed by atoms with van der Waals surface area (Å²) in [6, 6.07) is 20.1. The number of hydrogen-bond acceptors (Lipinski definition) is 5. The van der Waals surface area contributed by atoms with Crippen molar-refractivity contribution in [2.24, 2.45) is 0 Å². The lowest BCUT2D eigenvalue weighted by molar-refractivity contribution is -0.308. The van der Waals surface area contributed by atoms with Crippen LogP contribution in [0, 0.1) is 0 Å². The number of amides is 1. The highest BCUT2D eigenvalue weighted by molar-refractivity contribution is 5.88. The molecule has 2 aromatic heterocycles. The molecule has 0 spiro atoms. The molecule has 0 radical (unpaired) electrons. The fourth-order valence-electron chi connectivity index (χ4n) is 4.58. The number of para-hydroxylation sites is 2. The zero-order valence-corrected chi connectivity index (χ0v) is 19.6. The Morgan fingerprint density at radius 2 is 1.49 bits per heavy atom. The van der Waals surface area contributed by atoms with Crippen LogP contribution in [0.2, 0.25) is 0 Å². The average Bonchev–Trinajstić information content (AvgIpc) is 3.31. The zero-order chi connectivity index (χ0) is 25.9. The van der Waals surface area contributed by atoms with E-state index in [1.807, 2.05) is 24.3 Å². The molecule has 2 atom stereocenters. The van der Waals surface area contributed by atoms with Crippen LogP contribution in [0.4, 0.5) is 0 Å². The number of carbonyl (C=O) groups is 2. The Labute approximate surface area is 210 Å². The number of H-pyrrole nitrogens is 2. The molecular formula is C28H23N4O5-. The molecule has 0 aliphatic rings. The highest BCUT2D eigenvalue weighted by Gasteiger charge is 2.28. The Bertz CT molecular complexity index is 1720. The van der Waals surface area contributed by atoms with Gasteiger partial charge in [0.15, 0.2) is 0 Å². The van der Waals surface area contributed by atoms with E-state index in [0.717, 1.165) is 15.5 Å². The molecule has 3 N–H and O–H groups in total. The lowest BCUT2D eigenvalue weighted by Gasteiger charge is -2.24. The van der Waals surface area contributed by atoms with E-state index in [-0.39, 0.29) is 18.2 Å². The zero-order valence-electron chi connectivity index (χ0n) is 19.6. The minimum absolute atomic E-state index is 0.0162. The van der Waals surface area contributed by atoms with Gasteiger partial charge in [-0.2, -0.15) is 0 Å². The maximum Gasteiger partial charge on any atom is 0.329 e. The highest BCUT2D eigenvalue weighted by atomic mass is 16.4. The Kier molecular flexibility index (Phi) is 6.42. The third kappa shape index (κ3) is 4.79. The smallest absolute Gasteiger partial charge is 0.329 e. The van der Waals surface area contributed by atoms with Gasteiger partial charge in [-0.15, -0.1) is 0 Å². The predicted molar refractivity (Wildman–Crippen MR) is 137 cm³/mol. The first-order chi connectivity index (χ1) is 17.9. The van der Waals surface area contributed by atoms with Crippen molar-refractivity contribution < 1.29 is 14.7 Å². The van der Waals surface area contributed by atoms with Gasteiger partial charge in [0, 0.05) is 23.5 Å². The van der Waals surface area contributed by atoms with Crippen LogP contribution in [0.5, 0.6) is 0 Å². The molecule has 3 aromatic carbocycles. The van der Waals surface area contributed by atoms with E-state index < -0.39 is 35.2 Å². The van der Waals surface area contributed by atoms with Crippen LogP contribution in [-0.2, 0) is 22.4 Å². The van der Waals surface area contributed by atoms with E-state index in [0.29, 0.717) is 16.6 Å². The largest absolute Gasteiger partial charge is 0.548 e. The van der Waals surface area contributed by atoms with Crippen molar-refractivity contribution in [3.05, 3.63) is 117 Å². The van der Waals surface area contributed by atoms with Crippen LogP contribution in [-0.4, -0.2) is 32.5 Å². The maximum absolute atomic E-state index is 13.6. The summed E-state index contributed by atoms with van der Waals surface area (Å²) in [5.74, 6) is -2.25. The molecule has 0 unspecified atom stereocenters. The molecule has 0 saturated heterocycles. The maximum atomic E-state index is 13.6. The van der Waals surface area contributed by atoms with E-state index in [1.165, 1.54) is 0 Å². The number of fused-ring (bicyclic) bond motifs is 2. The van der Waals surface area contributed by atoms with E-state index in [9.17, 15) is 24.3 Å². The minimum atomic E-state index is -1.47. The Balaban J connectivity index is 1.57. The molecule has 0 fully saturated rings. The molecule has 186 valence electrons. The summed E-state index contributed by atoms with van der Waals surface area (Å²) in [4.78, 5) is 57.9. The SMILES string of the molecule is O=C([O-])[C@H](Cc1ccccc1)NC(=O)[C@@H](Cc1c[nH]c2ccccc12)n1c(=O)[nH]c2ccccc2c1=O. The molecule has 9 nitrogen and oxygen atoms in total. The van der Waals surface area contributed by atoms with Crippen LogP contribution in [0.25, 0.3) is 21.8 Å². The normalized spacial score (nSPS) is 12.9. The van der Waals surface area contributed by atoms with Crippen LogP contribution >= 0.6 is 0 Å². The Morgan fingerprint density at radius 3 is 2.22 bits per heavy atom. The van der Waals surface area contributed by atoms with E-state index in [4.69, 9.17) is 0 Å². The summed E-state index contributed by atoms with van der Waals surface area (Å²) in [5, 5.41) is 15.5. The van der Waals surface area contributed by atoms with Gasteiger partial charge < -0.3 is 25.2 Å². The number of aliphatic carboxylic acids is 1. The summed E-state index contributed by atoms with van der Waals surface area (Å²) >= 11 is 0. The van der Waals surface area contributed by atoms with Crippen molar-refractivity contribution >= 4 is 33.7 Å². The van der Waals surface area contributed by atoms with Gasteiger partial charge in [-0.1, -0.05) is 60.7 Å². The van der Waals surface area contributed by atoms with Gasteiger partial charge in [0.2, 0.25) is 5.91 Å². The molecule has 5 rings (SSSR count). The minimum Gasteiger partial charge on any atom is -0.548 e. The lowest BCUT2D eigenvalue weighted by atomic mass is 10.0. The molecule has 0 bridgehead atoms. The monoisotopic (exact) mass is 495 g/mol. The molecule has 2 heterocycles. The second-order valence-corrected chi connectivity index (χ2v) is 8.80. The fraction of sp³-hybridized carbons (Fsp3) is 0.143. The molecule has 0 saturated carbocycles. The number of nitrogens with one attached hydrogen (secondary N) is 3. The first-order valence-electron chi connectivity index (χ1n) is 11.8. The predicted octanol–water partition coefficient (Wildman–Crippen LogP) is 1.43. The fourth-order valence-corrected chi connectivity index (χ4v) is 4.58. The van der Waals surface area contributed by atoms with Crippen LogP contribution in [0.15, 0.2) is 94.6 Å². The standard InChI is InChI=1S/C28H24N4O5/c33-25(30-23(27(35)36)14-17-8-2-1-3-9-17)24(15-18-16-29-21-12-6-4-10-19(18)21)32-26(34)20-11-5-7-13-22(20)31-28(32)37/h1-13,16,23-24,29H,14-15H2,(H,30,33)(H,31,37)(H,35,36)/p-1/t23-,24+/m0/s1. The second kappa shape index (κ2) is 9.98. The van der Waals surface area contributed by atoms with Crippen LogP contribution < -0.4 is 21.7 Å². The summed E-state index contributed by atoms with van der Waals surface area (Å²) in [6.07, 6.45) is 1.67. The van der Waals surface area contributed by atoms with Gasteiger partial charge >= 0.3 is 5.69 Å². The highest BCUT2D eigenvalue weighted by Crippen LogP contribution is 2.22. The Hall–Kier alpha value is -4.92. The van der Waals surface area contributed by atoms with Crippen molar-refractivity contribution in [1.29, 1.82) is 0 Å². The van der Waals surface area contributed by atoms with Crippen LogP contribution in [0.1, 0.15) is 17.2 Å². The number of rotatable bonds is 8. The lowest BCUT2D eigenvalue weighted by Crippen LogP contribution is -2.53. The van der Waals surface area contributed by atoms with Gasteiger partial charge in [-0.25, -0.2) is 9.36 Å². The van der Waals surface area contributed by atoms with Gasteiger partial charge in [0.1, 0.15) is 6.04 Å². The van der Waals surface area contributed by atoms with E-state index in [2.05, 4.69) is 15.3 Å². The third-order valence-electron chi connectivity index (χ3n) is 6.42. The van der Waals surface area contributed by atoms with Crippen molar-refractivity contribution in [3.63, 3.8) is 0 Å². The summed E-state index contributed by atoms with van der Waals surface area (Å²) in [7, 11) is 0. The molecule has 5 aromatic rings. The Morgan fingerprint density at radius 1 is 0.838 bits per heavy atom. The molecule has 1 amide bonds. The first-order valence-corrected chi connectivity index (χ1v) is 11.8.